The number of ketones is 1. The molecule has 5 aliphatic rings. The third-order valence-electron chi connectivity index (χ3n) is 12.9. The number of carbonyl (C=O) groups is 3. The van der Waals surface area contributed by atoms with Crippen molar-refractivity contribution in [1.82, 2.24) is 29.4 Å². The van der Waals surface area contributed by atoms with Crippen LogP contribution in [-0.2, 0) is 28.0 Å². The Bertz CT molecular complexity index is 2800. The van der Waals surface area contributed by atoms with Crippen LogP contribution in [0.2, 0.25) is 0 Å². The Labute approximate surface area is 355 Å². The summed E-state index contributed by atoms with van der Waals surface area (Å²) in [5, 5.41) is 3.13. The zero-order valence-corrected chi connectivity index (χ0v) is 34.4. The number of alkyl halides is 1. The molecule has 1 spiro atoms. The number of fused-ring (bicyclic) bond motifs is 2. The van der Waals surface area contributed by atoms with Gasteiger partial charge in [-0.3, -0.25) is 19.1 Å². The maximum absolute atomic E-state index is 15.7. The van der Waals surface area contributed by atoms with Crippen molar-refractivity contribution in [3.05, 3.63) is 125 Å². The number of aromatic nitrogens is 2. The lowest BCUT2D eigenvalue weighted by atomic mass is 9.72. The Morgan fingerprint density at radius 3 is 2.52 bits per heavy atom. The van der Waals surface area contributed by atoms with E-state index >= 15 is 8.78 Å². The summed E-state index contributed by atoms with van der Waals surface area (Å²) in [6.45, 7) is 8.64. The van der Waals surface area contributed by atoms with Crippen LogP contribution in [0, 0.1) is 17.0 Å². The number of nitrogens with zero attached hydrogens (tertiary/aromatic N) is 5. The van der Waals surface area contributed by atoms with Gasteiger partial charge in [-0.1, -0.05) is 30.8 Å². The molecule has 4 saturated heterocycles. The highest BCUT2D eigenvalue weighted by atomic mass is 32.2. The van der Waals surface area contributed by atoms with E-state index in [9.17, 15) is 27.2 Å². The fraction of sp³-hybridized carbons (Fsp3) is 0.333. The van der Waals surface area contributed by atoms with Gasteiger partial charge in [0.1, 0.15) is 23.7 Å². The second-order valence-electron chi connectivity index (χ2n) is 17.2. The van der Waals surface area contributed by atoms with Crippen molar-refractivity contribution in [1.29, 1.82) is 0 Å². The van der Waals surface area contributed by atoms with E-state index in [2.05, 4.69) is 37.7 Å². The van der Waals surface area contributed by atoms with E-state index in [0.29, 0.717) is 47.2 Å². The van der Waals surface area contributed by atoms with Crippen molar-refractivity contribution in [3.8, 4) is 11.1 Å². The van der Waals surface area contributed by atoms with Gasteiger partial charge in [0.2, 0.25) is 11.7 Å². The number of aromatic amines is 1. The number of carbonyl (C=O) groups excluding carboxylic acids is 3. The van der Waals surface area contributed by atoms with Crippen molar-refractivity contribution >= 4 is 50.2 Å². The van der Waals surface area contributed by atoms with Gasteiger partial charge in [-0.25, -0.2) is 18.2 Å². The van der Waals surface area contributed by atoms with E-state index in [-0.39, 0.29) is 42.3 Å². The van der Waals surface area contributed by atoms with Crippen molar-refractivity contribution in [2.75, 3.05) is 55.4 Å². The standard InChI is InChI=1S/C45H43F3N8O5S/c1-26-2-11-38(43(58)51-26)56-20-30-16-32(7-8-33(30)44(56)59)54-24-45(25-54)22-53(23-45)14-12-27-3-5-28(6-4-27)29-17-34-35(19-50-42(34)49-18-29)41(57)39-36(47)9-10-37(40(39)48)52-62(60,61)55-15-13-31(46)21-55/h3-10,16-19,31,38,52H,1-2,11-15,20-25H2,(H,49,50)(H,51,58)/t31-,38?/m1/s1. The number of likely N-dealkylation sites (tertiary alicyclic amines) is 1. The molecule has 0 bridgehead atoms. The lowest BCUT2D eigenvalue weighted by Crippen LogP contribution is -2.72. The number of hydrogen-bond donors (Lipinski definition) is 3. The summed E-state index contributed by atoms with van der Waals surface area (Å²) in [5.41, 5.74) is 5.09. The second kappa shape index (κ2) is 15.1. The number of hydrogen-bond acceptors (Lipinski definition) is 8. The monoisotopic (exact) mass is 864 g/mol. The molecule has 0 aliphatic carbocycles. The Kier molecular flexibility index (Phi) is 9.75. The average Bonchev–Trinajstić information content (AvgIpc) is 3.95. The summed E-state index contributed by atoms with van der Waals surface area (Å²) in [6.07, 6.45) is 3.73. The molecule has 5 aliphatic heterocycles. The Morgan fingerprint density at radius 2 is 1.77 bits per heavy atom. The summed E-state index contributed by atoms with van der Waals surface area (Å²) in [7, 11) is -4.35. The molecule has 5 aromatic rings. The zero-order valence-electron chi connectivity index (χ0n) is 33.6. The Balaban J connectivity index is 0.743. The minimum absolute atomic E-state index is 0.00591. The predicted molar refractivity (Wildman–Crippen MR) is 226 cm³/mol. The quantitative estimate of drug-likeness (QED) is 0.146. The van der Waals surface area contributed by atoms with Gasteiger partial charge in [0, 0.05) is 104 Å². The van der Waals surface area contributed by atoms with Gasteiger partial charge >= 0.3 is 10.2 Å². The van der Waals surface area contributed by atoms with E-state index in [1.54, 1.807) is 17.2 Å². The van der Waals surface area contributed by atoms with Crippen LogP contribution in [0.1, 0.15) is 56.7 Å². The summed E-state index contributed by atoms with van der Waals surface area (Å²) < 4.78 is 72.9. The average molecular weight is 865 g/mol. The molecule has 2 amide bonds. The molecule has 4 fully saturated rings. The molecule has 0 saturated carbocycles. The molecule has 13 nitrogen and oxygen atoms in total. The highest BCUT2D eigenvalue weighted by Gasteiger charge is 2.51. The number of amides is 2. The lowest BCUT2D eigenvalue weighted by molar-refractivity contribution is -0.126. The second-order valence-corrected chi connectivity index (χ2v) is 18.9. The molecular formula is C45H43F3N8O5S. The van der Waals surface area contributed by atoms with E-state index in [1.807, 2.05) is 41.1 Å². The first-order valence-corrected chi connectivity index (χ1v) is 22.1. The molecule has 62 heavy (non-hydrogen) atoms. The summed E-state index contributed by atoms with van der Waals surface area (Å²) in [5.74, 6) is -3.80. The number of halogens is 3. The lowest BCUT2D eigenvalue weighted by Gasteiger charge is -2.61. The Morgan fingerprint density at radius 1 is 0.984 bits per heavy atom. The highest BCUT2D eigenvalue weighted by Crippen LogP contribution is 2.43. The molecule has 7 heterocycles. The molecule has 320 valence electrons. The number of piperidine rings is 1. The number of H-pyrrole nitrogens is 1. The van der Waals surface area contributed by atoms with Gasteiger partial charge < -0.3 is 25.0 Å². The first kappa shape index (κ1) is 40.1. The fourth-order valence-corrected chi connectivity index (χ4v) is 10.9. The minimum Gasteiger partial charge on any atom is -0.370 e. The van der Waals surface area contributed by atoms with E-state index in [4.69, 9.17) is 0 Å². The minimum atomic E-state index is -4.35. The SMILES string of the molecule is C=C1CCC(N2Cc3cc(N4CC5(CN(CCc6ccc(-c7cnc8[nH]cc(C(=O)c9c(F)ccc(NS(=O)(=O)N%10CC[C@@H](F)C%10)c9F)c8c7)cc6)C5)C4)ccc3C2=O)C(=O)N1. The predicted octanol–water partition coefficient (Wildman–Crippen LogP) is 5.55. The number of benzene rings is 3. The van der Waals surface area contributed by atoms with E-state index < -0.39 is 51.1 Å². The summed E-state index contributed by atoms with van der Waals surface area (Å²) >= 11 is 0. The first-order valence-electron chi connectivity index (χ1n) is 20.7. The molecule has 10 rings (SSSR count). The van der Waals surface area contributed by atoms with Crippen LogP contribution in [0.4, 0.5) is 24.5 Å². The van der Waals surface area contributed by atoms with Crippen LogP contribution >= 0.6 is 0 Å². The molecule has 3 N–H and O–H groups in total. The van der Waals surface area contributed by atoms with Crippen LogP contribution in [0.25, 0.3) is 22.2 Å². The van der Waals surface area contributed by atoms with Gasteiger partial charge in [0.05, 0.1) is 11.3 Å². The maximum atomic E-state index is 15.7. The molecular weight excluding hydrogens is 822 g/mol. The van der Waals surface area contributed by atoms with Crippen LogP contribution in [0.3, 0.4) is 0 Å². The molecule has 17 heteroatoms. The van der Waals surface area contributed by atoms with Crippen molar-refractivity contribution < 1.29 is 36.0 Å². The van der Waals surface area contributed by atoms with Crippen LogP contribution in [0.5, 0.6) is 0 Å². The smallest absolute Gasteiger partial charge is 0.301 e. The van der Waals surface area contributed by atoms with Crippen LogP contribution in [-0.4, -0.2) is 108 Å². The van der Waals surface area contributed by atoms with Crippen molar-refractivity contribution in [2.45, 2.75) is 44.4 Å². The first-order chi connectivity index (χ1) is 29.7. The largest absolute Gasteiger partial charge is 0.370 e. The molecule has 1 unspecified atom stereocenters. The van der Waals surface area contributed by atoms with Crippen molar-refractivity contribution in [3.63, 3.8) is 0 Å². The summed E-state index contributed by atoms with van der Waals surface area (Å²) in [6, 6.07) is 17.0. The normalized spacial score (nSPS) is 21.3. The number of pyridine rings is 1. The van der Waals surface area contributed by atoms with E-state index in [0.717, 1.165) is 78.0 Å². The number of nitrogens with one attached hydrogen (secondary N) is 3. The Hall–Kier alpha value is -6.04. The van der Waals surface area contributed by atoms with Gasteiger partial charge in [-0.05, 0) is 78.8 Å². The topological polar surface area (TPSA) is 151 Å². The molecule has 2 aromatic heterocycles. The number of anilines is 2. The maximum Gasteiger partial charge on any atom is 0.301 e. The number of allylic oxidation sites excluding steroid dienone is 1. The number of rotatable bonds is 11. The van der Waals surface area contributed by atoms with Crippen LogP contribution in [0.15, 0.2) is 85.3 Å². The highest BCUT2D eigenvalue weighted by molar-refractivity contribution is 7.90. The van der Waals surface area contributed by atoms with Gasteiger partial charge in [0.15, 0.2) is 5.82 Å². The van der Waals surface area contributed by atoms with E-state index in [1.165, 1.54) is 6.20 Å². The fourth-order valence-electron chi connectivity index (χ4n) is 9.63. The van der Waals surface area contributed by atoms with Gasteiger partial charge in [0.25, 0.3) is 5.91 Å². The zero-order chi connectivity index (χ0) is 43.1. The van der Waals surface area contributed by atoms with Crippen LogP contribution < -0.4 is 14.9 Å². The van der Waals surface area contributed by atoms with Gasteiger partial charge in [-0.15, -0.1) is 0 Å². The summed E-state index contributed by atoms with van der Waals surface area (Å²) in [4.78, 5) is 53.3. The molecule has 0 radical (unpaired) electrons. The third-order valence-corrected chi connectivity index (χ3v) is 14.4. The van der Waals surface area contributed by atoms with Gasteiger partial charge in [-0.2, -0.15) is 12.7 Å². The third kappa shape index (κ3) is 7.10. The molecule has 3 aromatic carbocycles. The molecule has 2 atom stereocenters. The van der Waals surface area contributed by atoms with Crippen molar-refractivity contribution in [2.24, 2.45) is 5.41 Å².